The monoisotopic (exact) mass is 294 g/mol. The van der Waals surface area contributed by atoms with Crippen molar-refractivity contribution in [1.82, 2.24) is 4.90 Å². The molecule has 0 heterocycles. The van der Waals surface area contributed by atoms with Crippen molar-refractivity contribution in [3.8, 4) is 0 Å². The molecule has 1 amide bonds. The minimum atomic E-state index is -0.504. The van der Waals surface area contributed by atoms with Gasteiger partial charge in [0.25, 0.3) is 11.6 Å². The predicted octanol–water partition coefficient (Wildman–Crippen LogP) is 1.69. The Bertz CT molecular complexity index is 529. The van der Waals surface area contributed by atoms with Gasteiger partial charge in [-0.3, -0.25) is 14.9 Å². The summed E-state index contributed by atoms with van der Waals surface area (Å²) < 4.78 is 0. The van der Waals surface area contributed by atoms with Gasteiger partial charge in [-0.1, -0.05) is 13.8 Å². The number of anilines is 1. The number of nitrogens with one attached hydrogen (secondary N) is 1. The largest absolute Gasteiger partial charge is 0.378 e. The zero-order valence-corrected chi connectivity index (χ0v) is 12.8. The number of hydrogen-bond donors (Lipinski definition) is 2. The molecule has 1 aromatic rings. The molecule has 7 heteroatoms. The van der Waals surface area contributed by atoms with Gasteiger partial charge in [-0.25, -0.2) is 0 Å². The van der Waals surface area contributed by atoms with Crippen LogP contribution in [0.4, 0.5) is 11.4 Å². The van der Waals surface area contributed by atoms with Crippen molar-refractivity contribution < 1.29 is 9.72 Å². The zero-order chi connectivity index (χ0) is 16.2. The summed E-state index contributed by atoms with van der Waals surface area (Å²) in [6.07, 6.45) is 0. The Morgan fingerprint density at radius 3 is 2.52 bits per heavy atom. The Kier molecular flexibility index (Phi) is 5.66. The van der Waals surface area contributed by atoms with E-state index in [-0.39, 0.29) is 29.1 Å². The molecular formula is C14H22N4O3. The quantitative estimate of drug-likeness (QED) is 0.614. The van der Waals surface area contributed by atoms with Crippen LogP contribution in [0, 0.1) is 16.0 Å². The van der Waals surface area contributed by atoms with Crippen LogP contribution >= 0.6 is 0 Å². The number of rotatable bonds is 6. The zero-order valence-electron chi connectivity index (χ0n) is 12.8. The van der Waals surface area contributed by atoms with E-state index in [2.05, 4.69) is 5.32 Å². The number of nitrogens with zero attached hydrogens (tertiary/aromatic N) is 2. The summed E-state index contributed by atoms with van der Waals surface area (Å²) in [6, 6.07) is 4.29. The molecular weight excluding hydrogens is 272 g/mol. The molecule has 0 radical (unpaired) electrons. The van der Waals surface area contributed by atoms with E-state index < -0.39 is 4.92 Å². The first-order valence-corrected chi connectivity index (χ1v) is 6.73. The summed E-state index contributed by atoms with van der Waals surface area (Å²) in [5, 5.41) is 14.1. The van der Waals surface area contributed by atoms with Crippen LogP contribution in [0.2, 0.25) is 0 Å². The van der Waals surface area contributed by atoms with Gasteiger partial charge in [0.1, 0.15) is 5.69 Å². The van der Waals surface area contributed by atoms with Crippen molar-refractivity contribution in [1.29, 1.82) is 0 Å². The van der Waals surface area contributed by atoms with Crippen molar-refractivity contribution >= 4 is 17.3 Å². The highest BCUT2D eigenvalue weighted by atomic mass is 16.6. The third kappa shape index (κ3) is 4.42. The fourth-order valence-electron chi connectivity index (χ4n) is 1.69. The minimum absolute atomic E-state index is 0.104. The van der Waals surface area contributed by atoms with Crippen LogP contribution in [-0.2, 0) is 0 Å². The first-order chi connectivity index (χ1) is 9.73. The first-order valence-electron chi connectivity index (χ1n) is 6.73. The van der Waals surface area contributed by atoms with Crippen LogP contribution in [0.1, 0.15) is 24.2 Å². The van der Waals surface area contributed by atoms with Crippen LogP contribution in [-0.4, -0.2) is 42.4 Å². The number of hydrogen-bond acceptors (Lipinski definition) is 5. The fourth-order valence-corrected chi connectivity index (χ4v) is 1.69. The Balaban J connectivity index is 3.00. The van der Waals surface area contributed by atoms with E-state index in [4.69, 9.17) is 5.73 Å². The van der Waals surface area contributed by atoms with Gasteiger partial charge in [-0.15, -0.1) is 0 Å². The molecule has 0 spiro atoms. The third-order valence-corrected chi connectivity index (χ3v) is 3.23. The molecule has 1 rings (SSSR count). The summed E-state index contributed by atoms with van der Waals surface area (Å²) in [6.45, 7) is 4.40. The molecule has 0 saturated heterocycles. The molecule has 0 saturated carbocycles. The standard InChI is InChI=1S/C14H22N4O3/c1-9(2)11(15)8-16-12-6-5-10(14(19)17(3)4)7-13(12)18(20)21/h5-7,9,11,16H,8,15H2,1-4H3. The highest BCUT2D eigenvalue weighted by Crippen LogP contribution is 2.26. The third-order valence-electron chi connectivity index (χ3n) is 3.23. The summed E-state index contributed by atoms with van der Waals surface area (Å²) in [7, 11) is 3.20. The Hall–Kier alpha value is -2.15. The summed E-state index contributed by atoms with van der Waals surface area (Å²) in [4.78, 5) is 23.9. The molecule has 0 aliphatic heterocycles. The second kappa shape index (κ2) is 7.03. The average molecular weight is 294 g/mol. The van der Waals surface area contributed by atoms with Crippen molar-refractivity contribution in [3.05, 3.63) is 33.9 Å². The number of nitrogens with two attached hydrogens (primary N) is 1. The number of carbonyl (C=O) groups excluding carboxylic acids is 1. The van der Waals surface area contributed by atoms with E-state index in [0.29, 0.717) is 12.2 Å². The minimum Gasteiger partial charge on any atom is -0.378 e. The Labute approximate surface area is 124 Å². The van der Waals surface area contributed by atoms with Gasteiger partial charge in [0.2, 0.25) is 0 Å². The van der Waals surface area contributed by atoms with Crippen LogP contribution in [0.25, 0.3) is 0 Å². The lowest BCUT2D eigenvalue weighted by Crippen LogP contribution is -2.34. The molecule has 0 fully saturated rings. The molecule has 1 unspecified atom stereocenters. The van der Waals surface area contributed by atoms with Gasteiger partial charge in [-0.05, 0) is 18.1 Å². The molecule has 0 bridgehead atoms. The Morgan fingerprint density at radius 2 is 2.05 bits per heavy atom. The average Bonchev–Trinajstić information content (AvgIpc) is 2.43. The number of nitro benzene ring substituents is 1. The Morgan fingerprint density at radius 1 is 1.43 bits per heavy atom. The van der Waals surface area contributed by atoms with Gasteiger partial charge in [0.05, 0.1) is 4.92 Å². The summed E-state index contributed by atoms with van der Waals surface area (Å²) in [5.74, 6) is -0.00493. The van der Waals surface area contributed by atoms with E-state index in [1.54, 1.807) is 26.2 Å². The molecule has 0 aromatic heterocycles. The number of benzene rings is 1. The second-order valence-corrected chi connectivity index (χ2v) is 5.48. The maximum Gasteiger partial charge on any atom is 0.293 e. The number of nitro groups is 1. The highest BCUT2D eigenvalue weighted by molar-refractivity contribution is 5.95. The van der Waals surface area contributed by atoms with Gasteiger partial charge in [0, 0.05) is 38.3 Å². The first kappa shape index (κ1) is 16.9. The van der Waals surface area contributed by atoms with Crippen molar-refractivity contribution in [2.45, 2.75) is 19.9 Å². The van der Waals surface area contributed by atoms with E-state index in [0.717, 1.165) is 0 Å². The second-order valence-electron chi connectivity index (χ2n) is 5.48. The van der Waals surface area contributed by atoms with Crippen LogP contribution < -0.4 is 11.1 Å². The van der Waals surface area contributed by atoms with Crippen molar-refractivity contribution in [2.75, 3.05) is 26.0 Å². The van der Waals surface area contributed by atoms with E-state index in [1.807, 2.05) is 13.8 Å². The molecule has 1 aromatic carbocycles. The normalized spacial score (nSPS) is 12.1. The SMILES string of the molecule is CC(C)C(N)CNc1ccc(C(=O)N(C)C)cc1[N+](=O)[O-]. The smallest absolute Gasteiger partial charge is 0.293 e. The summed E-state index contributed by atoms with van der Waals surface area (Å²) >= 11 is 0. The van der Waals surface area contributed by atoms with Crippen LogP contribution in [0.3, 0.4) is 0 Å². The lowest BCUT2D eigenvalue weighted by atomic mass is 10.1. The topological polar surface area (TPSA) is 102 Å². The maximum absolute atomic E-state index is 11.8. The molecule has 116 valence electrons. The lowest BCUT2D eigenvalue weighted by molar-refractivity contribution is -0.384. The summed E-state index contributed by atoms with van der Waals surface area (Å²) in [5.41, 5.74) is 6.44. The molecule has 0 aliphatic carbocycles. The van der Waals surface area contributed by atoms with Crippen molar-refractivity contribution in [2.24, 2.45) is 11.7 Å². The molecule has 7 nitrogen and oxygen atoms in total. The van der Waals surface area contributed by atoms with Crippen molar-refractivity contribution in [3.63, 3.8) is 0 Å². The van der Waals surface area contributed by atoms with E-state index in [9.17, 15) is 14.9 Å². The lowest BCUT2D eigenvalue weighted by Gasteiger charge is -2.17. The molecule has 21 heavy (non-hydrogen) atoms. The van der Waals surface area contributed by atoms with Crippen LogP contribution in [0.15, 0.2) is 18.2 Å². The van der Waals surface area contributed by atoms with Gasteiger partial charge in [0.15, 0.2) is 0 Å². The number of amides is 1. The van der Waals surface area contributed by atoms with E-state index >= 15 is 0 Å². The predicted molar refractivity (Wildman–Crippen MR) is 82.4 cm³/mol. The molecule has 0 aliphatic rings. The molecule has 3 N–H and O–H groups in total. The molecule has 1 atom stereocenters. The highest BCUT2D eigenvalue weighted by Gasteiger charge is 2.19. The van der Waals surface area contributed by atoms with Crippen LogP contribution in [0.5, 0.6) is 0 Å². The van der Waals surface area contributed by atoms with E-state index in [1.165, 1.54) is 11.0 Å². The van der Waals surface area contributed by atoms with Gasteiger partial charge in [-0.2, -0.15) is 0 Å². The fraction of sp³-hybridized carbons (Fsp3) is 0.500. The maximum atomic E-state index is 11.8. The number of carbonyl (C=O) groups is 1. The van der Waals surface area contributed by atoms with Gasteiger partial charge < -0.3 is 16.0 Å². The van der Waals surface area contributed by atoms with Gasteiger partial charge >= 0.3 is 0 Å².